The Labute approximate surface area is 268 Å². The van der Waals surface area contributed by atoms with Crippen molar-refractivity contribution in [2.75, 3.05) is 13.1 Å². The summed E-state index contributed by atoms with van der Waals surface area (Å²) in [5, 5.41) is 0. The van der Waals surface area contributed by atoms with Gasteiger partial charge in [-0.25, -0.2) is 0 Å². The van der Waals surface area contributed by atoms with Gasteiger partial charge >= 0.3 is 0 Å². The first-order chi connectivity index (χ1) is 20.3. The Bertz CT molecular complexity index is 516. The van der Waals surface area contributed by atoms with Gasteiger partial charge in [0, 0.05) is 18.8 Å². The van der Waals surface area contributed by atoms with Gasteiger partial charge in [-0.15, -0.1) is 0 Å². The summed E-state index contributed by atoms with van der Waals surface area (Å²) in [6.07, 6.45) is 41.0. The summed E-state index contributed by atoms with van der Waals surface area (Å²) < 4.78 is 0. The van der Waals surface area contributed by atoms with Crippen LogP contribution in [0.4, 0.5) is 0 Å². The molecule has 0 spiro atoms. The molecule has 1 unspecified atom stereocenters. The van der Waals surface area contributed by atoms with E-state index in [-0.39, 0.29) is 0 Å². The van der Waals surface area contributed by atoms with Crippen LogP contribution in [-0.4, -0.2) is 18.0 Å². The van der Waals surface area contributed by atoms with E-state index >= 15 is 0 Å². The first-order valence-electron chi connectivity index (χ1n) is 19.7. The Morgan fingerprint density at radius 3 is 1.17 bits per heavy atom. The topological polar surface area (TPSA) is 3.24 Å². The largest absolute Gasteiger partial charge is 0.375 e. The van der Waals surface area contributed by atoms with E-state index in [9.17, 15) is 0 Å². The fourth-order valence-corrected chi connectivity index (χ4v) is 6.50. The maximum Gasteiger partial charge on any atom is 0.0174 e. The molecule has 0 saturated heterocycles. The molecule has 0 N–H and O–H groups in total. The van der Waals surface area contributed by atoms with Gasteiger partial charge < -0.3 is 4.90 Å². The summed E-state index contributed by atoms with van der Waals surface area (Å²) in [5.41, 5.74) is 1.91. The Morgan fingerprint density at radius 2 is 0.833 bits per heavy atom. The highest BCUT2D eigenvalue weighted by atomic mass is 15.1. The molecule has 0 aliphatic carbocycles. The molecule has 1 atom stereocenters. The molecule has 1 nitrogen and oxygen atoms in total. The molecule has 0 rings (SSSR count). The van der Waals surface area contributed by atoms with Crippen molar-refractivity contribution in [1.29, 1.82) is 0 Å². The van der Waals surface area contributed by atoms with E-state index in [2.05, 4.69) is 53.0 Å². The highest BCUT2D eigenvalue weighted by molar-refractivity contribution is 4.95. The maximum atomic E-state index is 4.64. The lowest BCUT2D eigenvalue weighted by atomic mass is 9.88. The zero-order chi connectivity index (χ0) is 31.2. The van der Waals surface area contributed by atoms with Crippen LogP contribution in [0.5, 0.6) is 0 Å². The van der Waals surface area contributed by atoms with Crippen LogP contribution < -0.4 is 0 Å². The van der Waals surface area contributed by atoms with Crippen molar-refractivity contribution >= 4 is 0 Å². The van der Waals surface area contributed by atoms with E-state index in [1.807, 2.05) is 0 Å². The van der Waals surface area contributed by atoms with E-state index < -0.39 is 0 Å². The number of rotatable bonds is 33. The standard InChI is InChI=1S/C41H83N/c1-8-10-12-14-16-18-20-22-24-26-28-32-36-42(40(4)38-39(3)34-30-31-35-41(5,6)7)37-33-29-27-25-23-21-19-17-15-13-11-9-2/h39H,4,8-38H2,1-3,5-7H3. The van der Waals surface area contributed by atoms with E-state index in [1.54, 1.807) is 0 Å². The smallest absolute Gasteiger partial charge is 0.0174 e. The number of unbranched alkanes of at least 4 members (excludes halogenated alkanes) is 23. The zero-order valence-corrected chi connectivity index (χ0v) is 30.7. The summed E-state index contributed by atoms with van der Waals surface area (Å²) in [5.74, 6) is 0.768. The van der Waals surface area contributed by atoms with Crippen molar-refractivity contribution in [2.45, 2.75) is 228 Å². The van der Waals surface area contributed by atoms with Crippen molar-refractivity contribution in [3.05, 3.63) is 12.3 Å². The predicted molar refractivity (Wildman–Crippen MR) is 195 cm³/mol. The normalized spacial score (nSPS) is 12.6. The Balaban J connectivity index is 4.22. The number of hydrogen-bond donors (Lipinski definition) is 0. The van der Waals surface area contributed by atoms with Crippen LogP contribution in [0, 0.1) is 11.3 Å². The third-order valence-electron chi connectivity index (χ3n) is 9.47. The second-order valence-corrected chi connectivity index (χ2v) is 15.4. The fraction of sp³-hybridized carbons (Fsp3) is 0.951. The quantitative estimate of drug-likeness (QED) is 0.0688. The van der Waals surface area contributed by atoms with Crippen LogP contribution in [-0.2, 0) is 0 Å². The second-order valence-electron chi connectivity index (χ2n) is 15.4. The molecule has 0 fully saturated rings. The molecule has 0 aromatic carbocycles. The minimum Gasteiger partial charge on any atom is -0.375 e. The molecule has 0 radical (unpaired) electrons. The lowest BCUT2D eigenvalue weighted by molar-refractivity contribution is 0.295. The number of nitrogens with zero attached hydrogens (tertiary/aromatic N) is 1. The first kappa shape index (κ1) is 41.5. The van der Waals surface area contributed by atoms with E-state index in [4.69, 9.17) is 0 Å². The van der Waals surface area contributed by atoms with Gasteiger partial charge in [0.05, 0.1) is 0 Å². The maximum absolute atomic E-state index is 4.64. The molecule has 0 aromatic heterocycles. The molecule has 0 bridgehead atoms. The number of allylic oxidation sites excluding steroid dienone is 1. The molecule has 0 aliphatic heterocycles. The van der Waals surface area contributed by atoms with Gasteiger partial charge in [0.15, 0.2) is 0 Å². The summed E-state index contributed by atoms with van der Waals surface area (Å²) in [6, 6.07) is 0. The highest BCUT2D eigenvalue weighted by Gasteiger charge is 2.13. The van der Waals surface area contributed by atoms with Crippen LogP contribution in [0.1, 0.15) is 228 Å². The van der Waals surface area contributed by atoms with Gasteiger partial charge in [0.1, 0.15) is 0 Å². The van der Waals surface area contributed by atoms with Gasteiger partial charge in [0.2, 0.25) is 0 Å². The Kier molecular flexibility index (Phi) is 30.2. The molecule has 0 aromatic rings. The average molecular weight is 590 g/mol. The average Bonchev–Trinajstić information content (AvgIpc) is 2.94. The van der Waals surface area contributed by atoms with E-state index in [0.717, 1.165) is 5.92 Å². The Hall–Kier alpha value is -0.460. The molecule has 42 heavy (non-hydrogen) atoms. The molecule has 252 valence electrons. The second kappa shape index (κ2) is 30.6. The van der Waals surface area contributed by atoms with Crippen LogP contribution in [0.2, 0.25) is 0 Å². The van der Waals surface area contributed by atoms with Gasteiger partial charge in [0.25, 0.3) is 0 Å². The molecular formula is C41H83N. The van der Waals surface area contributed by atoms with E-state index in [1.165, 1.54) is 205 Å². The summed E-state index contributed by atoms with van der Waals surface area (Å²) in [6.45, 7) is 21.3. The predicted octanol–water partition coefficient (Wildman–Crippen LogP) is 14.8. The van der Waals surface area contributed by atoms with Gasteiger partial charge in [-0.05, 0) is 37.0 Å². The van der Waals surface area contributed by atoms with Crippen molar-refractivity contribution in [2.24, 2.45) is 11.3 Å². The molecular weight excluding hydrogens is 506 g/mol. The molecule has 0 aliphatic rings. The highest BCUT2D eigenvalue weighted by Crippen LogP contribution is 2.25. The summed E-state index contributed by atoms with van der Waals surface area (Å²) >= 11 is 0. The van der Waals surface area contributed by atoms with Crippen LogP contribution in [0.15, 0.2) is 12.3 Å². The number of hydrogen-bond acceptors (Lipinski definition) is 1. The van der Waals surface area contributed by atoms with Crippen molar-refractivity contribution in [1.82, 2.24) is 4.90 Å². The van der Waals surface area contributed by atoms with Crippen molar-refractivity contribution in [3.63, 3.8) is 0 Å². The lowest BCUT2D eigenvalue weighted by Gasteiger charge is -2.29. The van der Waals surface area contributed by atoms with Gasteiger partial charge in [-0.3, -0.25) is 0 Å². The molecule has 0 saturated carbocycles. The minimum absolute atomic E-state index is 0.478. The molecule has 0 amide bonds. The van der Waals surface area contributed by atoms with Gasteiger partial charge in [-0.1, -0.05) is 209 Å². The van der Waals surface area contributed by atoms with Crippen molar-refractivity contribution in [3.8, 4) is 0 Å². The SMILES string of the molecule is C=C(CC(C)CCCCC(C)(C)C)N(CCCCCCCCCCCCCC)CCCCCCCCCCCCCC. The Morgan fingerprint density at radius 1 is 0.500 bits per heavy atom. The molecule has 1 heteroatoms. The molecule has 0 heterocycles. The van der Waals surface area contributed by atoms with Crippen molar-refractivity contribution < 1.29 is 0 Å². The third-order valence-corrected chi connectivity index (χ3v) is 9.47. The van der Waals surface area contributed by atoms with E-state index in [0.29, 0.717) is 5.41 Å². The van der Waals surface area contributed by atoms with Crippen LogP contribution in [0.25, 0.3) is 0 Å². The minimum atomic E-state index is 0.478. The van der Waals surface area contributed by atoms with Crippen LogP contribution in [0.3, 0.4) is 0 Å². The third kappa shape index (κ3) is 31.0. The van der Waals surface area contributed by atoms with Gasteiger partial charge in [-0.2, -0.15) is 0 Å². The monoisotopic (exact) mass is 590 g/mol. The summed E-state index contributed by atoms with van der Waals surface area (Å²) in [7, 11) is 0. The lowest BCUT2D eigenvalue weighted by Crippen LogP contribution is -2.26. The fourth-order valence-electron chi connectivity index (χ4n) is 6.50. The van der Waals surface area contributed by atoms with Crippen LogP contribution >= 0.6 is 0 Å². The zero-order valence-electron chi connectivity index (χ0n) is 30.7. The summed E-state index contributed by atoms with van der Waals surface area (Å²) in [4.78, 5) is 2.71. The first-order valence-corrected chi connectivity index (χ1v) is 19.7.